The van der Waals surface area contributed by atoms with Crippen LogP contribution in [0, 0.1) is 0 Å². The highest BCUT2D eigenvalue weighted by molar-refractivity contribution is 5.85. The van der Waals surface area contributed by atoms with Crippen LogP contribution in [0.25, 0.3) is 0 Å². The number of carbonyl (C=O) groups is 2. The van der Waals surface area contributed by atoms with Crippen LogP contribution in [0.4, 0.5) is 13.2 Å². The first-order valence-corrected chi connectivity index (χ1v) is 7.06. The standard InChI is InChI=1S/C15H16F3NO4/c1-9(14(21)22)19(11-4-5-11)13(20)8-10-2-6-12(7-3-10)23-15(16,17)18/h2-3,6-7,9,11H,4-5,8H2,1H3,(H,21,22). The summed E-state index contributed by atoms with van der Waals surface area (Å²) >= 11 is 0. The molecule has 1 amide bonds. The second-order valence-electron chi connectivity index (χ2n) is 5.41. The number of carboxylic acids is 1. The maximum atomic E-state index is 12.3. The highest BCUT2D eigenvalue weighted by Gasteiger charge is 2.38. The molecule has 1 fully saturated rings. The fraction of sp³-hybridized carbons (Fsp3) is 0.467. The second kappa shape index (κ2) is 6.47. The lowest BCUT2D eigenvalue weighted by Gasteiger charge is -2.26. The van der Waals surface area contributed by atoms with E-state index < -0.39 is 18.4 Å². The van der Waals surface area contributed by atoms with Crippen molar-refractivity contribution in [1.82, 2.24) is 4.90 Å². The third-order valence-corrected chi connectivity index (χ3v) is 3.52. The van der Waals surface area contributed by atoms with Crippen molar-refractivity contribution in [2.75, 3.05) is 0 Å². The number of hydrogen-bond acceptors (Lipinski definition) is 3. The predicted octanol–water partition coefficient (Wildman–Crippen LogP) is 2.59. The summed E-state index contributed by atoms with van der Waals surface area (Å²) in [5, 5.41) is 9.07. The number of hydrogen-bond donors (Lipinski definition) is 1. The van der Waals surface area contributed by atoms with E-state index >= 15 is 0 Å². The monoisotopic (exact) mass is 331 g/mol. The normalized spacial score (nSPS) is 15.8. The molecule has 23 heavy (non-hydrogen) atoms. The van der Waals surface area contributed by atoms with Gasteiger partial charge in [-0.25, -0.2) is 4.79 Å². The van der Waals surface area contributed by atoms with Crippen LogP contribution < -0.4 is 4.74 Å². The van der Waals surface area contributed by atoms with Gasteiger partial charge in [0.1, 0.15) is 11.8 Å². The van der Waals surface area contributed by atoms with E-state index in [4.69, 9.17) is 5.11 Å². The van der Waals surface area contributed by atoms with Gasteiger partial charge in [0.25, 0.3) is 0 Å². The Morgan fingerprint density at radius 3 is 2.30 bits per heavy atom. The topological polar surface area (TPSA) is 66.8 Å². The maximum absolute atomic E-state index is 12.3. The number of halogens is 3. The number of alkyl halides is 3. The van der Waals surface area contributed by atoms with E-state index in [1.807, 2.05) is 0 Å². The third-order valence-electron chi connectivity index (χ3n) is 3.52. The van der Waals surface area contributed by atoms with Gasteiger partial charge in [-0.3, -0.25) is 4.79 Å². The third kappa shape index (κ3) is 4.87. The van der Waals surface area contributed by atoms with Crippen LogP contribution in [-0.4, -0.2) is 40.3 Å². The molecule has 1 atom stereocenters. The van der Waals surface area contributed by atoms with E-state index in [-0.39, 0.29) is 24.1 Å². The number of carboxylic acid groups (broad SMARTS) is 1. The van der Waals surface area contributed by atoms with Crippen molar-refractivity contribution in [3.05, 3.63) is 29.8 Å². The van der Waals surface area contributed by atoms with Gasteiger partial charge in [0, 0.05) is 6.04 Å². The van der Waals surface area contributed by atoms with Gasteiger partial charge in [-0.1, -0.05) is 12.1 Å². The van der Waals surface area contributed by atoms with Crippen molar-refractivity contribution in [3.8, 4) is 5.75 Å². The lowest BCUT2D eigenvalue weighted by molar-refractivity contribution is -0.274. The lowest BCUT2D eigenvalue weighted by atomic mass is 10.1. The Kier molecular flexibility index (Phi) is 4.82. The Bertz CT molecular complexity index is 581. The Morgan fingerprint density at radius 1 is 1.30 bits per heavy atom. The number of nitrogens with zero attached hydrogens (tertiary/aromatic N) is 1. The summed E-state index contributed by atoms with van der Waals surface area (Å²) in [6.45, 7) is 1.44. The van der Waals surface area contributed by atoms with E-state index in [0.717, 1.165) is 25.0 Å². The molecule has 1 aromatic rings. The first-order valence-electron chi connectivity index (χ1n) is 7.06. The predicted molar refractivity (Wildman–Crippen MR) is 73.8 cm³/mol. The molecule has 1 saturated carbocycles. The number of carbonyl (C=O) groups excluding carboxylic acids is 1. The molecule has 0 radical (unpaired) electrons. The van der Waals surface area contributed by atoms with E-state index in [0.29, 0.717) is 5.56 Å². The molecule has 0 saturated heterocycles. The van der Waals surface area contributed by atoms with Gasteiger partial charge < -0.3 is 14.7 Å². The summed E-state index contributed by atoms with van der Waals surface area (Å²) in [6, 6.07) is 3.96. The summed E-state index contributed by atoms with van der Waals surface area (Å²) in [5.74, 6) is -1.81. The first kappa shape index (κ1) is 17.1. The summed E-state index contributed by atoms with van der Waals surface area (Å²) in [7, 11) is 0. The van der Waals surface area contributed by atoms with Gasteiger partial charge in [0.05, 0.1) is 6.42 Å². The van der Waals surface area contributed by atoms with Crippen LogP contribution in [0.1, 0.15) is 25.3 Å². The van der Waals surface area contributed by atoms with Crippen LogP contribution in [-0.2, 0) is 16.0 Å². The number of amides is 1. The van der Waals surface area contributed by atoms with Gasteiger partial charge in [0.15, 0.2) is 0 Å². The van der Waals surface area contributed by atoms with Gasteiger partial charge in [-0.15, -0.1) is 13.2 Å². The molecule has 8 heteroatoms. The Hall–Kier alpha value is -2.25. The molecule has 0 aliphatic heterocycles. The highest BCUT2D eigenvalue weighted by Crippen LogP contribution is 2.30. The highest BCUT2D eigenvalue weighted by atomic mass is 19.4. The van der Waals surface area contributed by atoms with Crippen molar-refractivity contribution in [2.45, 2.75) is 44.6 Å². The zero-order valence-corrected chi connectivity index (χ0v) is 12.3. The minimum Gasteiger partial charge on any atom is -0.480 e. The van der Waals surface area contributed by atoms with Crippen molar-refractivity contribution in [2.24, 2.45) is 0 Å². The number of ether oxygens (including phenoxy) is 1. The van der Waals surface area contributed by atoms with E-state index in [9.17, 15) is 22.8 Å². The molecule has 0 spiro atoms. The van der Waals surface area contributed by atoms with Crippen LogP contribution >= 0.6 is 0 Å². The molecule has 2 rings (SSSR count). The molecule has 1 unspecified atom stereocenters. The first-order chi connectivity index (χ1) is 10.7. The van der Waals surface area contributed by atoms with E-state index in [1.165, 1.54) is 24.0 Å². The van der Waals surface area contributed by atoms with Crippen molar-refractivity contribution in [3.63, 3.8) is 0 Å². The molecule has 0 bridgehead atoms. The second-order valence-corrected chi connectivity index (χ2v) is 5.41. The van der Waals surface area contributed by atoms with E-state index in [2.05, 4.69) is 4.74 Å². The smallest absolute Gasteiger partial charge is 0.480 e. The molecule has 1 N–H and O–H groups in total. The summed E-state index contributed by atoms with van der Waals surface area (Å²) < 4.78 is 40.0. The average Bonchev–Trinajstić information content (AvgIpc) is 3.24. The van der Waals surface area contributed by atoms with Gasteiger partial charge in [0.2, 0.25) is 5.91 Å². The molecule has 5 nitrogen and oxygen atoms in total. The fourth-order valence-electron chi connectivity index (χ4n) is 2.28. The van der Waals surface area contributed by atoms with Crippen LogP contribution in [0.3, 0.4) is 0 Å². The maximum Gasteiger partial charge on any atom is 0.573 e. The fourth-order valence-corrected chi connectivity index (χ4v) is 2.28. The minimum absolute atomic E-state index is 0.0681. The lowest BCUT2D eigenvalue weighted by Crippen LogP contribution is -2.45. The molecular weight excluding hydrogens is 315 g/mol. The average molecular weight is 331 g/mol. The van der Waals surface area contributed by atoms with Gasteiger partial charge in [-0.2, -0.15) is 0 Å². The molecule has 1 aromatic carbocycles. The Balaban J connectivity index is 2.02. The van der Waals surface area contributed by atoms with Crippen LogP contribution in [0.5, 0.6) is 5.75 Å². The molecule has 1 aliphatic rings. The summed E-state index contributed by atoms with van der Waals surface area (Å²) in [4.78, 5) is 24.7. The molecular formula is C15H16F3NO4. The summed E-state index contributed by atoms with van der Waals surface area (Å²) in [6.07, 6.45) is -3.30. The zero-order valence-electron chi connectivity index (χ0n) is 12.3. The quantitative estimate of drug-likeness (QED) is 0.870. The molecule has 126 valence electrons. The Labute approximate surface area is 130 Å². The number of rotatable bonds is 6. The SMILES string of the molecule is CC(C(=O)O)N(C(=O)Cc1ccc(OC(F)(F)F)cc1)C1CC1. The Morgan fingerprint density at radius 2 is 1.87 bits per heavy atom. The largest absolute Gasteiger partial charge is 0.573 e. The van der Waals surface area contributed by atoms with Crippen molar-refractivity contribution < 1.29 is 32.6 Å². The van der Waals surface area contributed by atoms with Crippen LogP contribution in [0.2, 0.25) is 0 Å². The van der Waals surface area contributed by atoms with Gasteiger partial charge >= 0.3 is 12.3 Å². The van der Waals surface area contributed by atoms with Crippen LogP contribution in [0.15, 0.2) is 24.3 Å². The number of aliphatic carboxylic acids is 1. The molecule has 0 aromatic heterocycles. The molecule has 1 aliphatic carbocycles. The van der Waals surface area contributed by atoms with Crippen molar-refractivity contribution in [1.29, 1.82) is 0 Å². The van der Waals surface area contributed by atoms with E-state index in [1.54, 1.807) is 0 Å². The molecule has 0 heterocycles. The number of benzene rings is 1. The van der Waals surface area contributed by atoms with Crippen molar-refractivity contribution >= 4 is 11.9 Å². The summed E-state index contributed by atoms with van der Waals surface area (Å²) in [5.41, 5.74) is 0.493. The zero-order chi connectivity index (χ0) is 17.2. The van der Waals surface area contributed by atoms with Gasteiger partial charge in [-0.05, 0) is 37.5 Å². The minimum atomic E-state index is -4.77.